The number of aliphatic hydroxyl groups is 1. The highest BCUT2D eigenvalue weighted by molar-refractivity contribution is 6.15. The minimum atomic E-state index is -1.50. The van der Waals surface area contributed by atoms with Crippen LogP contribution in [0.1, 0.15) is 122 Å². The van der Waals surface area contributed by atoms with Gasteiger partial charge in [0.05, 0.1) is 98.7 Å². The number of para-hydroxylation sites is 2. The van der Waals surface area contributed by atoms with E-state index in [0.717, 1.165) is 57.1 Å². The largest absolute Gasteiger partial charge is 0.493 e. The number of aliphatic hydroxyl groups excluding tert-OH is 1. The lowest BCUT2D eigenvalue weighted by atomic mass is 9.95. The fourth-order valence-corrected chi connectivity index (χ4v) is 14.2. The number of hydrogen-bond acceptors (Lipinski definition) is 19. The molecule has 1 saturated heterocycles. The third-order valence-electron chi connectivity index (χ3n) is 20.0. The van der Waals surface area contributed by atoms with Gasteiger partial charge in [0.15, 0.2) is 29.2 Å². The zero-order chi connectivity index (χ0) is 74.0. The molecule has 6 aliphatic heterocycles. The highest BCUT2D eigenvalue weighted by Gasteiger charge is 2.58. The van der Waals surface area contributed by atoms with Crippen molar-refractivity contribution in [2.24, 2.45) is 16.3 Å². The van der Waals surface area contributed by atoms with Crippen molar-refractivity contribution in [2.45, 2.75) is 129 Å². The van der Waals surface area contributed by atoms with Gasteiger partial charge in [-0.3, -0.25) is 53.3 Å². The molecule has 13 rings (SSSR count). The summed E-state index contributed by atoms with van der Waals surface area (Å²) in [7, 11) is 2.93. The maximum atomic E-state index is 14.5. The molecule has 6 heterocycles. The van der Waals surface area contributed by atoms with Crippen molar-refractivity contribution in [3.8, 4) is 23.0 Å². The lowest BCUT2D eigenvalue weighted by molar-refractivity contribution is -0.132. The maximum Gasteiger partial charge on any atom is 0.416 e. The number of hydrazine groups is 2. The summed E-state index contributed by atoms with van der Waals surface area (Å²) in [6.07, 6.45) is 2.23. The van der Waals surface area contributed by atoms with E-state index in [1.54, 1.807) is 71.2 Å². The van der Waals surface area contributed by atoms with Crippen LogP contribution >= 0.6 is 0 Å². The first-order valence-electron chi connectivity index (χ1n) is 35.3. The van der Waals surface area contributed by atoms with E-state index in [9.17, 15) is 48.3 Å². The van der Waals surface area contributed by atoms with Crippen LogP contribution in [0.5, 0.6) is 23.0 Å². The normalized spacial score (nSPS) is 18.2. The van der Waals surface area contributed by atoms with Gasteiger partial charge in [-0.05, 0) is 104 Å². The third kappa shape index (κ3) is 15.0. The highest BCUT2D eigenvalue weighted by Crippen LogP contribution is 2.57. The Morgan fingerprint density at radius 3 is 2.04 bits per heavy atom. The predicted molar refractivity (Wildman–Crippen MR) is 389 cm³/mol. The number of carbonyl (C=O) groups excluding carboxylic acids is 9. The van der Waals surface area contributed by atoms with Crippen molar-refractivity contribution in [3.63, 3.8) is 0 Å². The van der Waals surface area contributed by atoms with Crippen LogP contribution in [0, 0.1) is 11.3 Å². The van der Waals surface area contributed by atoms with Crippen LogP contribution in [0.25, 0.3) is 11.4 Å². The van der Waals surface area contributed by atoms with Gasteiger partial charge in [-0.2, -0.15) is 0 Å². The molecule has 0 aromatic heterocycles. The van der Waals surface area contributed by atoms with Crippen LogP contribution in [0.2, 0.25) is 0 Å². The van der Waals surface area contributed by atoms with Gasteiger partial charge in [0.25, 0.3) is 11.8 Å². The quantitative estimate of drug-likeness (QED) is 0.0282. The fraction of sp³-hybridized carbons (Fsp3) is 0.377. The average Bonchev–Trinajstić information content (AvgIpc) is 1.60. The summed E-state index contributed by atoms with van der Waals surface area (Å²) in [5, 5.41) is 27.2. The second kappa shape index (κ2) is 30.4. The summed E-state index contributed by atoms with van der Waals surface area (Å²) in [5.41, 5.74) is 15.3. The predicted octanol–water partition coefficient (Wildman–Crippen LogP) is 7.01. The minimum Gasteiger partial charge on any atom is -0.493 e. The van der Waals surface area contributed by atoms with Gasteiger partial charge in [-0.15, -0.1) is 5.53 Å². The maximum absolute atomic E-state index is 14.5. The van der Waals surface area contributed by atoms with E-state index < -0.39 is 79.0 Å². The molecule has 5 atom stereocenters. The monoisotopic (exact) mass is 1430 g/mol. The number of amides is 9. The molecule has 2 fully saturated rings. The Kier molecular flexibility index (Phi) is 20.8. The first kappa shape index (κ1) is 71.9. The Balaban J connectivity index is 0.569. The molecular formula is C77H85N13O15. The molecule has 105 heavy (non-hydrogen) atoms. The molecule has 28 heteroatoms. The summed E-state index contributed by atoms with van der Waals surface area (Å²) < 4.78 is 29.8. The molecule has 1 spiro atoms. The van der Waals surface area contributed by atoms with Crippen molar-refractivity contribution >= 4 is 99.4 Å². The van der Waals surface area contributed by atoms with E-state index in [1.807, 2.05) is 72.8 Å². The molecule has 1 unspecified atom stereocenters. The van der Waals surface area contributed by atoms with E-state index in [4.69, 9.17) is 28.7 Å². The Morgan fingerprint density at radius 2 is 1.33 bits per heavy atom. The first-order valence-corrected chi connectivity index (χ1v) is 35.3. The number of aliphatic imine (C=N–C) groups is 1. The number of carbonyl (C=O) groups is 9. The Hall–Kier alpha value is -11.5. The molecule has 0 radical (unpaired) electrons. The second-order valence-corrected chi connectivity index (χ2v) is 27.8. The van der Waals surface area contributed by atoms with Crippen LogP contribution in [0.3, 0.4) is 0 Å². The van der Waals surface area contributed by atoms with Crippen LogP contribution in [0.4, 0.5) is 33.2 Å². The molecule has 1 saturated carbocycles. The number of rotatable bonds is 24. The van der Waals surface area contributed by atoms with E-state index in [2.05, 4.69) is 56.4 Å². The number of ether oxygens (including phenoxy) is 5. The van der Waals surface area contributed by atoms with Gasteiger partial charge in [0.1, 0.15) is 18.7 Å². The van der Waals surface area contributed by atoms with Crippen LogP contribution < -0.4 is 71.2 Å². The van der Waals surface area contributed by atoms with Gasteiger partial charge < -0.3 is 70.6 Å². The Bertz CT molecular complexity index is 4500. The molecule has 7 aliphatic rings. The summed E-state index contributed by atoms with van der Waals surface area (Å²) >= 11 is 0. The summed E-state index contributed by atoms with van der Waals surface area (Å²) in [6, 6.07) is 32.9. The summed E-state index contributed by atoms with van der Waals surface area (Å²) in [6.45, 7) is 8.64. The Morgan fingerprint density at radius 1 is 0.676 bits per heavy atom. The van der Waals surface area contributed by atoms with Gasteiger partial charge in [0, 0.05) is 79.1 Å². The molecule has 28 nitrogen and oxygen atoms in total. The molecule has 6 aromatic carbocycles. The number of anilines is 4. The van der Waals surface area contributed by atoms with Crippen LogP contribution in [-0.4, -0.2) is 158 Å². The third-order valence-corrected chi connectivity index (χ3v) is 20.0. The van der Waals surface area contributed by atoms with Crippen molar-refractivity contribution in [3.05, 3.63) is 160 Å². The lowest BCUT2D eigenvalue weighted by Crippen LogP contribution is -2.55. The number of nitrogens with one attached hydrogen (secondary N) is 7. The van der Waals surface area contributed by atoms with Crippen LogP contribution in [-0.2, 0) is 53.1 Å². The van der Waals surface area contributed by atoms with Gasteiger partial charge in [-0.25, -0.2) is 9.69 Å². The van der Waals surface area contributed by atoms with Gasteiger partial charge in [-0.1, -0.05) is 86.6 Å². The molecule has 6 aromatic rings. The van der Waals surface area contributed by atoms with Crippen molar-refractivity contribution in [1.29, 1.82) is 0 Å². The molecule has 8 N–H and O–H groups in total. The number of hydrogen-bond donors (Lipinski definition) is 8. The number of benzene rings is 6. The van der Waals surface area contributed by atoms with Gasteiger partial charge in [0.2, 0.25) is 35.4 Å². The van der Waals surface area contributed by atoms with E-state index >= 15 is 0 Å². The Labute approximate surface area is 606 Å². The molecular weight excluding hydrogens is 1350 g/mol. The van der Waals surface area contributed by atoms with Crippen molar-refractivity contribution in [2.75, 3.05) is 67.1 Å². The minimum absolute atomic E-state index is 0.0557. The smallest absolute Gasteiger partial charge is 0.416 e. The lowest BCUT2D eigenvalue weighted by Gasteiger charge is -2.31. The zero-order valence-electron chi connectivity index (χ0n) is 59.4. The van der Waals surface area contributed by atoms with E-state index in [-0.39, 0.29) is 97.2 Å². The van der Waals surface area contributed by atoms with E-state index in [1.165, 1.54) is 33.3 Å². The first-order chi connectivity index (χ1) is 50.6. The zero-order valence-corrected chi connectivity index (χ0v) is 59.4. The topological polar surface area (TPSA) is 333 Å². The number of fused-ring (bicyclic) bond motifs is 10. The SMILES string of the molecule is COc1cc2c(cc1OCCCOc1cc3c(cc1OC)C(=O)N1CC4(CC4)C[C@H]1C(O)N3C(=O)OCc1ccc(NC(=O)[C@H](C)NC(=O)[C@@H](NC(=O)CNC(=O)CNC(=O)CCC(=O)N3Cc4ccccc4C4=C(NNN4C(C)C)c4ccccc43)C(C)C)cc1)N=C[C@@H]1Cc3ccccc3N1C2=O. The molecule has 1 aliphatic carbocycles. The van der Waals surface area contributed by atoms with Crippen LogP contribution in [0.15, 0.2) is 126 Å². The average molecular weight is 1430 g/mol. The summed E-state index contributed by atoms with van der Waals surface area (Å²) in [5.74, 6) is -3.38. The highest BCUT2D eigenvalue weighted by atomic mass is 16.6. The van der Waals surface area contributed by atoms with Gasteiger partial charge >= 0.3 is 6.09 Å². The number of methoxy groups -OCH3 is 2. The fourth-order valence-electron chi connectivity index (χ4n) is 14.2. The molecule has 0 bridgehead atoms. The summed E-state index contributed by atoms with van der Waals surface area (Å²) in [4.78, 5) is 134. The number of nitrogens with zero attached hydrogens (tertiary/aromatic N) is 6. The molecule has 548 valence electrons. The second-order valence-electron chi connectivity index (χ2n) is 27.8. The van der Waals surface area contributed by atoms with Crippen molar-refractivity contribution < 1.29 is 71.9 Å². The standard InChI is InChI=1S/C77H85N13O15/c1-43(2)68(83-66(93)39-80-65(92)38-79-64(91)25-26-67(94)86-40-48-16-8-10-17-51(48)70-69(84-85-90(70)44(3)4)52-18-11-13-20-57(52)86)72(96)81-45(5)71(95)82-49-23-21-46(22-24-49)41-105-76(100)89-58-35-63(61(102-7)33-54(58)73(97)87-42-77(27-28-77)36-59(87)75(89)99)104-30-14-29-103-62-34-55-53(32-60(62)101-6)74(98)88-50(37-78-55)31-47-15-9-12-19-56(47)88/h8-13,15-24,32-35,37,43-45,50,59,68,75,84-85,99H,14,25-31,36,38-42H2,1-7H3,(H,79,91)(H,80,92)(H,81,96)(H,82,95)(H,83,93)/t45-,50-,59-,68-,75?/m0/s1. The van der Waals surface area contributed by atoms with E-state index in [0.29, 0.717) is 65.5 Å². The van der Waals surface area contributed by atoms with Crippen molar-refractivity contribution in [1.82, 2.24) is 42.1 Å². The molecule has 9 amide bonds.